The van der Waals surface area contributed by atoms with Crippen LogP contribution < -0.4 is 10.6 Å². The van der Waals surface area contributed by atoms with Crippen molar-refractivity contribution in [3.05, 3.63) is 34.2 Å². The number of nitrogens with zero attached hydrogens (tertiary/aromatic N) is 4. The molecule has 3 rings (SSSR count). The van der Waals surface area contributed by atoms with Crippen LogP contribution in [0.1, 0.15) is 12.1 Å². The lowest BCUT2D eigenvalue weighted by molar-refractivity contribution is 0.305. The van der Waals surface area contributed by atoms with Crippen molar-refractivity contribution in [2.45, 2.75) is 6.42 Å². The Bertz CT molecular complexity index is 1200. The number of halogens is 2. The van der Waals surface area contributed by atoms with Crippen LogP contribution in [-0.2, 0) is 19.9 Å². The van der Waals surface area contributed by atoms with Crippen molar-refractivity contribution in [3.8, 4) is 0 Å². The van der Waals surface area contributed by atoms with Gasteiger partial charge in [0.2, 0.25) is 21.7 Å². The quantitative estimate of drug-likeness (QED) is 0.167. The van der Waals surface area contributed by atoms with E-state index in [0.29, 0.717) is 18.8 Å². The molecule has 176 valence electrons. The first-order valence-corrected chi connectivity index (χ1v) is 13.5. The molecule has 0 unspecified atom stereocenters. The van der Waals surface area contributed by atoms with E-state index in [1.54, 1.807) is 0 Å². The predicted molar refractivity (Wildman–Crippen MR) is 117 cm³/mol. The van der Waals surface area contributed by atoms with Gasteiger partial charge in [-0.15, -0.1) is 0 Å². The SMILES string of the molecule is O=S(=O)(CCNc1nonc1/C(=N/O)Nc1ccc(F)c(Br)c1)CCS(=O)(=O)N1CCC1. The zero-order chi connectivity index (χ0) is 23.4. The van der Waals surface area contributed by atoms with Gasteiger partial charge in [0.15, 0.2) is 15.5 Å². The average molecular weight is 555 g/mol. The summed E-state index contributed by atoms with van der Waals surface area (Å²) in [6.07, 6.45) is 0.774. The van der Waals surface area contributed by atoms with Crippen molar-refractivity contribution in [3.63, 3.8) is 0 Å². The van der Waals surface area contributed by atoms with Crippen LogP contribution in [0.3, 0.4) is 0 Å². The first kappa shape index (κ1) is 24.3. The molecular formula is C16H20BrFN6O6S2. The topological polar surface area (TPSA) is 167 Å². The number of benzene rings is 1. The Balaban J connectivity index is 1.57. The predicted octanol–water partition coefficient (Wildman–Crippen LogP) is 1.08. The number of hydrogen-bond donors (Lipinski definition) is 3. The summed E-state index contributed by atoms with van der Waals surface area (Å²) in [6, 6.07) is 3.99. The molecule has 1 fully saturated rings. The second-order valence-electron chi connectivity index (χ2n) is 6.81. The Kier molecular flexibility index (Phi) is 7.68. The molecule has 2 heterocycles. The van der Waals surface area contributed by atoms with Gasteiger partial charge in [-0.2, -0.15) is 0 Å². The van der Waals surface area contributed by atoms with Crippen LogP contribution >= 0.6 is 15.9 Å². The van der Waals surface area contributed by atoms with Gasteiger partial charge in [-0.05, 0) is 50.9 Å². The molecule has 12 nitrogen and oxygen atoms in total. The molecule has 16 heteroatoms. The second-order valence-corrected chi connectivity index (χ2v) is 12.1. The molecule has 0 amide bonds. The van der Waals surface area contributed by atoms with Crippen molar-refractivity contribution in [2.24, 2.45) is 5.16 Å². The minimum Gasteiger partial charge on any atom is -0.409 e. The number of aromatic nitrogens is 2. The molecule has 1 aromatic heterocycles. The Morgan fingerprint density at radius 3 is 2.59 bits per heavy atom. The largest absolute Gasteiger partial charge is 0.409 e. The van der Waals surface area contributed by atoms with Crippen molar-refractivity contribution in [2.75, 3.05) is 47.5 Å². The van der Waals surface area contributed by atoms with Crippen LogP contribution in [0.25, 0.3) is 0 Å². The van der Waals surface area contributed by atoms with Crippen molar-refractivity contribution in [1.29, 1.82) is 0 Å². The molecule has 0 aliphatic carbocycles. The fraction of sp³-hybridized carbons (Fsp3) is 0.438. The number of anilines is 2. The summed E-state index contributed by atoms with van der Waals surface area (Å²) in [5.41, 5.74) is 0.316. The molecule has 1 aromatic carbocycles. The van der Waals surface area contributed by atoms with Gasteiger partial charge in [0.1, 0.15) is 5.82 Å². The molecule has 3 N–H and O–H groups in total. The molecular weight excluding hydrogens is 535 g/mol. The third-order valence-corrected chi connectivity index (χ3v) is 8.95. The number of sulfonamides is 1. The molecule has 0 spiro atoms. The van der Waals surface area contributed by atoms with Crippen LogP contribution in [0.15, 0.2) is 32.5 Å². The lowest BCUT2D eigenvalue weighted by Gasteiger charge is -2.29. The third-order valence-electron chi connectivity index (χ3n) is 4.56. The van der Waals surface area contributed by atoms with Gasteiger partial charge in [0, 0.05) is 25.3 Å². The van der Waals surface area contributed by atoms with E-state index in [9.17, 15) is 26.4 Å². The van der Waals surface area contributed by atoms with E-state index < -0.39 is 37.2 Å². The Labute approximate surface area is 191 Å². The molecule has 1 aliphatic heterocycles. The van der Waals surface area contributed by atoms with Gasteiger partial charge in [0.05, 0.1) is 21.7 Å². The minimum absolute atomic E-state index is 0.00474. The van der Waals surface area contributed by atoms with E-state index in [1.165, 1.54) is 22.5 Å². The van der Waals surface area contributed by atoms with Crippen molar-refractivity contribution in [1.82, 2.24) is 14.6 Å². The van der Waals surface area contributed by atoms with E-state index >= 15 is 0 Å². The maximum absolute atomic E-state index is 13.4. The number of nitrogens with one attached hydrogen (secondary N) is 2. The summed E-state index contributed by atoms with van der Waals surface area (Å²) in [5.74, 6) is -2.00. The number of rotatable bonds is 10. The summed E-state index contributed by atoms with van der Waals surface area (Å²) < 4.78 is 67.9. The van der Waals surface area contributed by atoms with Gasteiger partial charge in [-0.1, -0.05) is 5.16 Å². The first-order chi connectivity index (χ1) is 15.1. The van der Waals surface area contributed by atoms with Crippen LogP contribution in [0.5, 0.6) is 0 Å². The maximum Gasteiger partial charge on any atom is 0.215 e. The summed E-state index contributed by atoms with van der Waals surface area (Å²) >= 11 is 3.04. The van der Waals surface area contributed by atoms with E-state index in [-0.39, 0.29) is 34.1 Å². The standard InChI is InChI=1S/C16H20BrFN6O6S2/c17-12-10-11(2-3-13(12)18)20-16(21-25)14-15(23-30-22-14)19-4-7-31(26,27)8-9-32(28,29)24-5-1-6-24/h2-3,10,25H,1,4-9H2,(H,19,23)(H,20,21). The smallest absolute Gasteiger partial charge is 0.215 e. The highest BCUT2D eigenvalue weighted by Gasteiger charge is 2.29. The van der Waals surface area contributed by atoms with Crippen LogP contribution in [0, 0.1) is 5.82 Å². The molecule has 1 aliphatic rings. The molecule has 2 aromatic rings. The Morgan fingerprint density at radius 2 is 1.97 bits per heavy atom. The fourth-order valence-electron chi connectivity index (χ4n) is 2.66. The molecule has 0 radical (unpaired) electrons. The monoisotopic (exact) mass is 554 g/mol. The summed E-state index contributed by atoms with van der Waals surface area (Å²) in [5, 5.41) is 25.1. The summed E-state index contributed by atoms with van der Waals surface area (Å²) in [4.78, 5) is 0. The lowest BCUT2D eigenvalue weighted by Crippen LogP contribution is -2.44. The highest BCUT2D eigenvalue weighted by Crippen LogP contribution is 2.21. The number of hydrogen-bond acceptors (Lipinski definition) is 10. The average Bonchev–Trinajstić information content (AvgIpc) is 3.14. The van der Waals surface area contributed by atoms with E-state index in [4.69, 9.17) is 0 Å². The molecule has 0 bridgehead atoms. The van der Waals surface area contributed by atoms with E-state index in [0.717, 1.165) is 6.42 Å². The molecule has 32 heavy (non-hydrogen) atoms. The second kappa shape index (κ2) is 10.1. The Hall–Kier alpha value is -2.30. The summed E-state index contributed by atoms with van der Waals surface area (Å²) in [6.45, 7) is 0.723. The van der Waals surface area contributed by atoms with Gasteiger partial charge in [0.25, 0.3) is 0 Å². The summed E-state index contributed by atoms with van der Waals surface area (Å²) in [7, 11) is -7.23. The molecule has 0 atom stereocenters. The van der Waals surface area contributed by atoms with Gasteiger partial charge in [-0.25, -0.2) is 30.2 Å². The number of amidine groups is 1. The van der Waals surface area contributed by atoms with Crippen LogP contribution in [-0.4, -0.2) is 79.4 Å². The van der Waals surface area contributed by atoms with Gasteiger partial charge < -0.3 is 15.8 Å². The lowest BCUT2D eigenvalue weighted by atomic mass is 10.3. The van der Waals surface area contributed by atoms with Gasteiger partial charge >= 0.3 is 0 Å². The van der Waals surface area contributed by atoms with Crippen LogP contribution in [0.4, 0.5) is 15.9 Å². The number of oxime groups is 1. The fourth-order valence-corrected chi connectivity index (χ4v) is 6.58. The zero-order valence-corrected chi connectivity index (χ0v) is 19.8. The normalized spacial score (nSPS) is 15.4. The van der Waals surface area contributed by atoms with E-state index in [1.807, 2.05) is 0 Å². The van der Waals surface area contributed by atoms with Crippen molar-refractivity contribution >= 4 is 53.1 Å². The number of sulfone groups is 1. The zero-order valence-electron chi connectivity index (χ0n) is 16.5. The molecule has 0 saturated carbocycles. The van der Waals surface area contributed by atoms with Crippen LogP contribution in [0.2, 0.25) is 0 Å². The minimum atomic E-state index is -3.66. The highest BCUT2D eigenvalue weighted by molar-refractivity contribution is 9.10. The molecule has 1 saturated heterocycles. The third kappa shape index (κ3) is 6.14. The van der Waals surface area contributed by atoms with E-state index in [2.05, 4.69) is 46.7 Å². The van der Waals surface area contributed by atoms with Gasteiger partial charge in [-0.3, -0.25) is 0 Å². The highest BCUT2D eigenvalue weighted by atomic mass is 79.9. The van der Waals surface area contributed by atoms with Crippen molar-refractivity contribution < 1.29 is 31.1 Å². The Morgan fingerprint density at radius 1 is 1.22 bits per heavy atom. The maximum atomic E-state index is 13.4. The first-order valence-electron chi connectivity index (χ1n) is 9.30.